The maximum absolute atomic E-state index is 13.4. The molecular formula is C23H23Cl2N3O2S2. The van der Waals surface area contributed by atoms with Gasteiger partial charge in [-0.05, 0) is 55.9 Å². The number of carbonyl (C=O) groups is 1. The van der Waals surface area contributed by atoms with Gasteiger partial charge in [0, 0.05) is 27.2 Å². The predicted molar refractivity (Wildman–Crippen MR) is 136 cm³/mol. The molecule has 3 aromatic rings. The van der Waals surface area contributed by atoms with Crippen LogP contribution < -0.4 is 10.9 Å². The van der Waals surface area contributed by atoms with Crippen LogP contribution in [0.15, 0.2) is 40.8 Å². The van der Waals surface area contributed by atoms with E-state index in [0.717, 1.165) is 35.0 Å². The van der Waals surface area contributed by atoms with Crippen LogP contribution in [0.3, 0.4) is 0 Å². The zero-order chi connectivity index (χ0) is 23.0. The maximum Gasteiger partial charge on any atom is 0.263 e. The molecule has 32 heavy (non-hydrogen) atoms. The molecule has 1 N–H and O–H groups in total. The van der Waals surface area contributed by atoms with Crippen molar-refractivity contribution in [2.75, 3.05) is 5.32 Å². The van der Waals surface area contributed by atoms with Crippen LogP contribution in [0.5, 0.6) is 0 Å². The second-order valence-corrected chi connectivity index (χ2v) is 11.3. The molecule has 0 spiro atoms. The number of thioether (sulfide) groups is 1. The van der Waals surface area contributed by atoms with E-state index in [1.165, 1.54) is 16.6 Å². The van der Waals surface area contributed by atoms with Crippen LogP contribution in [0.2, 0.25) is 10.0 Å². The number of fused-ring (bicyclic) bond motifs is 3. The molecule has 0 unspecified atom stereocenters. The molecule has 1 aliphatic carbocycles. The molecule has 0 fully saturated rings. The summed E-state index contributed by atoms with van der Waals surface area (Å²) in [5.41, 5.74) is 1.61. The number of rotatable bonds is 6. The quantitative estimate of drug-likeness (QED) is 0.245. The minimum atomic E-state index is -0.497. The van der Waals surface area contributed by atoms with Gasteiger partial charge in [-0.15, -0.1) is 17.9 Å². The molecule has 2 aromatic heterocycles. The molecule has 1 aromatic carbocycles. The van der Waals surface area contributed by atoms with Gasteiger partial charge in [0.15, 0.2) is 5.16 Å². The van der Waals surface area contributed by atoms with Crippen molar-refractivity contribution in [3.05, 3.63) is 61.7 Å². The Morgan fingerprint density at radius 1 is 1.41 bits per heavy atom. The third kappa shape index (κ3) is 4.76. The number of hydrogen-bond acceptors (Lipinski definition) is 5. The third-order valence-electron chi connectivity index (χ3n) is 5.47. The lowest BCUT2D eigenvalue weighted by atomic mass is 9.89. The van der Waals surface area contributed by atoms with E-state index in [0.29, 0.717) is 33.4 Å². The number of nitrogens with zero attached hydrogens (tertiary/aromatic N) is 2. The zero-order valence-electron chi connectivity index (χ0n) is 17.8. The van der Waals surface area contributed by atoms with Gasteiger partial charge in [-0.1, -0.05) is 48.0 Å². The molecule has 1 amide bonds. The summed E-state index contributed by atoms with van der Waals surface area (Å²) in [5.74, 6) is 0.385. The number of hydrogen-bond donors (Lipinski definition) is 1. The number of benzene rings is 1. The van der Waals surface area contributed by atoms with Gasteiger partial charge < -0.3 is 5.32 Å². The Balaban J connectivity index is 1.65. The Labute approximate surface area is 204 Å². The molecule has 4 rings (SSSR count). The second kappa shape index (κ2) is 9.59. The first-order valence-corrected chi connectivity index (χ1v) is 12.8. The van der Waals surface area contributed by atoms with Crippen molar-refractivity contribution < 1.29 is 4.79 Å². The molecule has 5 nitrogen and oxygen atoms in total. The van der Waals surface area contributed by atoms with Crippen LogP contribution in [0, 0.1) is 5.92 Å². The van der Waals surface area contributed by atoms with Gasteiger partial charge in [-0.3, -0.25) is 14.2 Å². The fourth-order valence-electron chi connectivity index (χ4n) is 3.87. The van der Waals surface area contributed by atoms with E-state index in [1.54, 1.807) is 47.1 Å². The number of aryl methyl sites for hydroxylation is 1. The van der Waals surface area contributed by atoms with Crippen LogP contribution >= 0.6 is 46.3 Å². The number of anilines is 1. The summed E-state index contributed by atoms with van der Waals surface area (Å²) in [6.07, 6.45) is 4.66. The van der Waals surface area contributed by atoms with E-state index in [9.17, 15) is 9.59 Å². The molecule has 2 heterocycles. The number of halogens is 2. The van der Waals surface area contributed by atoms with Gasteiger partial charge in [-0.2, -0.15) is 0 Å². The number of carbonyl (C=O) groups excluding carboxylic acids is 1. The molecule has 0 radical (unpaired) electrons. The van der Waals surface area contributed by atoms with Gasteiger partial charge in [0.1, 0.15) is 4.83 Å². The van der Waals surface area contributed by atoms with Crippen molar-refractivity contribution in [1.29, 1.82) is 0 Å². The van der Waals surface area contributed by atoms with Crippen LogP contribution in [-0.4, -0.2) is 20.7 Å². The molecule has 0 saturated heterocycles. The standard InChI is InChI=1S/C23H23Cl2N3O2S2/c1-4-7-28-22(30)19-17-6-5-12(2)8-18(17)32-21(19)27-23(28)31-13(3)20(29)26-16-10-14(24)9-15(25)11-16/h4,9-13H,1,5-8H2,2-3H3,(H,26,29)/t12-,13+/m1/s1. The first kappa shape index (κ1) is 23.4. The highest BCUT2D eigenvalue weighted by atomic mass is 35.5. The van der Waals surface area contributed by atoms with E-state index >= 15 is 0 Å². The molecule has 168 valence electrons. The summed E-state index contributed by atoms with van der Waals surface area (Å²) in [5, 5.41) is 4.46. The Hall–Kier alpha value is -1.80. The van der Waals surface area contributed by atoms with E-state index in [4.69, 9.17) is 28.2 Å². The van der Waals surface area contributed by atoms with Crippen LogP contribution in [-0.2, 0) is 24.2 Å². The predicted octanol–water partition coefficient (Wildman–Crippen LogP) is 6.19. The molecule has 0 aliphatic heterocycles. The summed E-state index contributed by atoms with van der Waals surface area (Å²) >= 11 is 14.9. The highest BCUT2D eigenvalue weighted by Gasteiger charge is 2.26. The zero-order valence-corrected chi connectivity index (χ0v) is 20.9. The summed E-state index contributed by atoms with van der Waals surface area (Å²) in [6, 6.07) is 4.88. The van der Waals surface area contributed by atoms with E-state index < -0.39 is 5.25 Å². The van der Waals surface area contributed by atoms with Crippen molar-refractivity contribution in [2.24, 2.45) is 5.92 Å². The Bertz CT molecular complexity index is 1250. The summed E-state index contributed by atoms with van der Waals surface area (Å²) < 4.78 is 1.62. The van der Waals surface area contributed by atoms with Crippen molar-refractivity contribution in [1.82, 2.24) is 9.55 Å². The first-order chi connectivity index (χ1) is 15.3. The number of allylic oxidation sites excluding steroid dienone is 1. The largest absolute Gasteiger partial charge is 0.325 e. The smallest absolute Gasteiger partial charge is 0.263 e. The lowest BCUT2D eigenvalue weighted by Gasteiger charge is -2.18. The summed E-state index contributed by atoms with van der Waals surface area (Å²) in [7, 11) is 0. The van der Waals surface area contributed by atoms with E-state index in [1.807, 2.05) is 0 Å². The van der Waals surface area contributed by atoms with E-state index in [-0.39, 0.29) is 11.5 Å². The third-order valence-corrected chi connectivity index (χ3v) is 8.15. The van der Waals surface area contributed by atoms with E-state index in [2.05, 4.69) is 18.8 Å². The highest BCUT2D eigenvalue weighted by Crippen LogP contribution is 2.37. The first-order valence-electron chi connectivity index (χ1n) is 10.4. The van der Waals surface area contributed by atoms with Crippen LogP contribution in [0.25, 0.3) is 10.2 Å². The average molecular weight is 508 g/mol. The molecule has 0 bridgehead atoms. The van der Waals surface area contributed by atoms with Gasteiger partial charge >= 0.3 is 0 Å². The Morgan fingerprint density at radius 2 is 2.12 bits per heavy atom. The second-order valence-electron chi connectivity index (χ2n) is 8.04. The number of thiophene rings is 1. The lowest BCUT2D eigenvalue weighted by Crippen LogP contribution is -2.27. The fraction of sp³-hybridized carbons (Fsp3) is 0.348. The summed E-state index contributed by atoms with van der Waals surface area (Å²) in [6.45, 7) is 8.15. The SMILES string of the molecule is C=CCn1c(S[C@@H](C)C(=O)Nc2cc(Cl)cc(Cl)c2)nc2sc3c(c2c1=O)CC[C@@H](C)C3. The Morgan fingerprint density at radius 3 is 2.81 bits per heavy atom. The number of amides is 1. The van der Waals surface area contributed by atoms with Gasteiger partial charge in [0.05, 0.1) is 10.6 Å². The van der Waals surface area contributed by atoms with Gasteiger partial charge in [0.2, 0.25) is 5.91 Å². The molecule has 0 saturated carbocycles. The van der Waals surface area contributed by atoms with Crippen molar-refractivity contribution in [3.63, 3.8) is 0 Å². The molecule has 2 atom stereocenters. The minimum absolute atomic E-state index is 0.0568. The minimum Gasteiger partial charge on any atom is -0.325 e. The molecule has 9 heteroatoms. The average Bonchev–Trinajstić information content (AvgIpc) is 3.07. The van der Waals surface area contributed by atoms with Crippen molar-refractivity contribution >= 4 is 68.1 Å². The Kier molecular flexibility index (Phi) is 7.00. The molecule has 1 aliphatic rings. The lowest BCUT2D eigenvalue weighted by molar-refractivity contribution is -0.115. The normalized spacial score (nSPS) is 16.6. The highest BCUT2D eigenvalue weighted by molar-refractivity contribution is 8.00. The fourth-order valence-corrected chi connectivity index (χ4v) is 6.73. The monoisotopic (exact) mass is 507 g/mol. The topological polar surface area (TPSA) is 64.0 Å². The number of nitrogens with one attached hydrogen (secondary N) is 1. The molecular weight excluding hydrogens is 485 g/mol. The van der Waals surface area contributed by atoms with Crippen molar-refractivity contribution in [2.45, 2.75) is 50.1 Å². The number of aromatic nitrogens is 2. The van der Waals surface area contributed by atoms with Crippen LogP contribution in [0.4, 0.5) is 5.69 Å². The summed E-state index contributed by atoms with van der Waals surface area (Å²) in [4.78, 5) is 33.0. The van der Waals surface area contributed by atoms with Crippen LogP contribution in [0.1, 0.15) is 30.7 Å². The maximum atomic E-state index is 13.4. The van der Waals surface area contributed by atoms with Gasteiger partial charge in [0.25, 0.3) is 5.56 Å². The van der Waals surface area contributed by atoms with Crippen molar-refractivity contribution in [3.8, 4) is 0 Å². The van der Waals surface area contributed by atoms with Gasteiger partial charge in [-0.25, -0.2) is 4.98 Å².